The van der Waals surface area contributed by atoms with Crippen molar-refractivity contribution in [3.63, 3.8) is 0 Å². The zero-order valence-corrected chi connectivity index (χ0v) is 19.6. The van der Waals surface area contributed by atoms with Crippen molar-refractivity contribution in [2.75, 3.05) is 6.61 Å². The first-order valence-electron chi connectivity index (χ1n) is 11.7. The summed E-state index contributed by atoms with van der Waals surface area (Å²) < 4.78 is 12.0. The van der Waals surface area contributed by atoms with Gasteiger partial charge >= 0.3 is 5.97 Å². The van der Waals surface area contributed by atoms with E-state index in [1.54, 1.807) is 0 Å². The lowest BCUT2D eigenvalue weighted by molar-refractivity contribution is -0.179. The van der Waals surface area contributed by atoms with Gasteiger partial charge in [0.05, 0.1) is 6.61 Å². The Labute approximate surface area is 209 Å². The highest BCUT2D eigenvalue weighted by atomic mass is 16.6. The Bertz CT molecular complexity index is 1240. The fourth-order valence-electron chi connectivity index (χ4n) is 4.50. The molecule has 7 nitrogen and oxygen atoms in total. The number of hydrogen-bond donors (Lipinski definition) is 1. The van der Waals surface area contributed by atoms with Crippen LogP contribution in [0.5, 0.6) is 0 Å². The molecule has 3 aromatic carbocycles. The largest absolute Gasteiger partial charge is 0.454 e. The summed E-state index contributed by atoms with van der Waals surface area (Å²) in [5, 5.41) is 9.85. The van der Waals surface area contributed by atoms with Crippen LogP contribution in [0.15, 0.2) is 108 Å². The number of carbonyl (C=O) groups excluding carboxylic acids is 2. The third-order valence-electron chi connectivity index (χ3n) is 6.32. The van der Waals surface area contributed by atoms with Gasteiger partial charge in [-0.05, 0) is 22.3 Å². The molecule has 2 heterocycles. The van der Waals surface area contributed by atoms with E-state index in [1.165, 1.54) is 4.90 Å². The van der Waals surface area contributed by atoms with Gasteiger partial charge in [-0.15, -0.1) is 0 Å². The van der Waals surface area contributed by atoms with Gasteiger partial charge in [-0.25, -0.2) is 9.79 Å². The molecule has 1 N–H and O–H groups in total. The number of likely N-dealkylation sites (tertiary alicyclic amines) is 1. The van der Waals surface area contributed by atoms with Crippen LogP contribution < -0.4 is 0 Å². The summed E-state index contributed by atoms with van der Waals surface area (Å²) in [5.41, 5.74) is 2.71. The number of fused-ring (bicyclic) bond motifs is 1. The molecule has 5 rings (SSSR count). The molecule has 182 valence electrons. The number of esters is 1. The van der Waals surface area contributed by atoms with E-state index in [0.29, 0.717) is 12.3 Å². The third-order valence-corrected chi connectivity index (χ3v) is 6.32. The van der Waals surface area contributed by atoms with Gasteiger partial charge in [0.1, 0.15) is 0 Å². The standard InChI is InChI=1S/C29H26N2O5/c1-19(18-32)25(29(34)36-26(21-13-7-3-8-14-21)22-15-9-4-10-16-22)31-27(33)24-28(31)35-23(30-24)17-20-11-5-2-6-12-20/h2-16,24-26,28,32H,1,17-18H2. The van der Waals surface area contributed by atoms with E-state index < -0.39 is 37.0 Å². The molecule has 7 heteroatoms. The number of hydrogen-bond acceptors (Lipinski definition) is 6. The normalized spacial score (nSPS) is 19.1. The van der Waals surface area contributed by atoms with Crippen LogP contribution in [0.1, 0.15) is 22.8 Å². The lowest BCUT2D eigenvalue weighted by atomic mass is 9.97. The first-order chi connectivity index (χ1) is 17.6. The van der Waals surface area contributed by atoms with Gasteiger partial charge in [-0.1, -0.05) is 97.6 Å². The van der Waals surface area contributed by atoms with Gasteiger partial charge in [0.2, 0.25) is 6.23 Å². The maximum absolute atomic E-state index is 13.6. The molecule has 0 aliphatic carbocycles. The van der Waals surface area contributed by atoms with Crippen molar-refractivity contribution >= 4 is 17.8 Å². The second-order valence-electron chi connectivity index (χ2n) is 8.74. The van der Waals surface area contributed by atoms with Crippen LogP contribution in [0, 0.1) is 0 Å². The lowest BCUT2D eigenvalue weighted by Gasteiger charge is -2.44. The predicted octanol–water partition coefficient (Wildman–Crippen LogP) is 3.44. The second-order valence-corrected chi connectivity index (χ2v) is 8.74. The minimum Gasteiger partial charge on any atom is -0.454 e. The van der Waals surface area contributed by atoms with Gasteiger partial charge < -0.3 is 14.6 Å². The van der Waals surface area contributed by atoms with Gasteiger partial charge in [0.25, 0.3) is 5.91 Å². The van der Waals surface area contributed by atoms with Crippen molar-refractivity contribution in [1.82, 2.24) is 4.90 Å². The number of ether oxygens (including phenoxy) is 2. The Balaban J connectivity index is 1.37. The number of aliphatic imine (C=N–C) groups is 1. The Morgan fingerprint density at radius 3 is 2.08 bits per heavy atom. The van der Waals surface area contributed by atoms with E-state index >= 15 is 0 Å². The van der Waals surface area contributed by atoms with Crippen LogP contribution >= 0.6 is 0 Å². The van der Waals surface area contributed by atoms with Crippen molar-refractivity contribution < 1.29 is 24.2 Å². The molecule has 1 fully saturated rings. The summed E-state index contributed by atoms with van der Waals surface area (Å²) in [6.45, 7) is 3.36. The highest BCUT2D eigenvalue weighted by Crippen LogP contribution is 2.36. The van der Waals surface area contributed by atoms with Crippen LogP contribution in [-0.4, -0.2) is 52.7 Å². The Morgan fingerprint density at radius 1 is 0.972 bits per heavy atom. The van der Waals surface area contributed by atoms with E-state index in [2.05, 4.69) is 11.6 Å². The molecule has 3 aromatic rings. The van der Waals surface area contributed by atoms with Crippen LogP contribution in [-0.2, 0) is 25.5 Å². The van der Waals surface area contributed by atoms with Crippen molar-refractivity contribution in [3.05, 3.63) is 120 Å². The average Bonchev–Trinajstić information content (AvgIpc) is 3.29. The summed E-state index contributed by atoms with van der Waals surface area (Å²) >= 11 is 0. The van der Waals surface area contributed by atoms with Gasteiger partial charge in [0.15, 0.2) is 24.1 Å². The quantitative estimate of drug-likeness (QED) is 0.287. The summed E-state index contributed by atoms with van der Waals surface area (Å²) in [6, 6.07) is 26.5. The highest BCUT2D eigenvalue weighted by Gasteiger charge is 2.58. The molecule has 0 saturated carbocycles. The monoisotopic (exact) mass is 482 g/mol. The smallest absolute Gasteiger partial charge is 0.334 e. The van der Waals surface area contributed by atoms with E-state index in [0.717, 1.165) is 16.7 Å². The van der Waals surface area contributed by atoms with E-state index in [1.807, 2.05) is 91.0 Å². The fraction of sp³-hybridized carbons (Fsp3) is 0.207. The minimum absolute atomic E-state index is 0.145. The zero-order chi connectivity index (χ0) is 25.1. The molecule has 36 heavy (non-hydrogen) atoms. The summed E-state index contributed by atoms with van der Waals surface area (Å²) in [7, 11) is 0. The average molecular weight is 483 g/mol. The van der Waals surface area contributed by atoms with Crippen molar-refractivity contribution in [2.24, 2.45) is 4.99 Å². The topological polar surface area (TPSA) is 88.4 Å². The third kappa shape index (κ3) is 4.53. The molecule has 2 aliphatic heterocycles. The van der Waals surface area contributed by atoms with Crippen molar-refractivity contribution in [2.45, 2.75) is 30.8 Å². The Hall–Kier alpha value is -4.23. The van der Waals surface area contributed by atoms with E-state index in [-0.39, 0.29) is 11.5 Å². The van der Waals surface area contributed by atoms with Gasteiger partial charge in [-0.3, -0.25) is 9.69 Å². The number of β-lactam (4-membered cyclic amide) rings is 1. The number of carbonyl (C=O) groups is 2. The molecular formula is C29H26N2O5. The number of amides is 1. The number of benzene rings is 3. The van der Waals surface area contributed by atoms with Crippen LogP contribution in [0.2, 0.25) is 0 Å². The van der Waals surface area contributed by atoms with E-state index in [4.69, 9.17) is 9.47 Å². The molecule has 1 saturated heterocycles. The molecule has 0 bridgehead atoms. The van der Waals surface area contributed by atoms with Crippen LogP contribution in [0.25, 0.3) is 0 Å². The summed E-state index contributed by atoms with van der Waals surface area (Å²) in [5.74, 6) is -0.630. The molecule has 1 amide bonds. The molecule has 0 spiro atoms. The minimum atomic E-state index is -1.20. The van der Waals surface area contributed by atoms with E-state index in [9.17, 15) is 14.7 Å². The van der Waals surface area contributed by atoms with Crippen LogP contribution in [0.4, 0.5) is 0 Å². The SMILES string of the molecule is C=C(CO)C(C(=O)OC(c1ccccc1)c1ccccc1)N1C(=O)C2N=C(Cc3ccccc3)OC21. The Kier molecular flexibility index (Phi) is 6.64. The van der Waals surface area contributed by atoms with Crippen LogP contribution in [0.3, 0.4) is 0 Å². The molecule has 0 radical (unpaired) electrons. The molecular weight excluding hydrogens is 456 g/mol. The van der Waals surface area contributed by atoms with Crippen molar-refractivity contribution in [1.29, 1.82) is 0 Å². The van der Waals surface area contributed by atoms with Gasteiger partial charge in [-0.2, -0.15) is 0 Å². The number of rotatable bonds is 9. The number of nitrogens with zero attached hydrogens (tertiary/aromatic N) is 2. The highest BCUT2D eigenvalue weighted by molar-refractivity contribution is 5.99. The Morgan fingerprint density at radius 2 is 1.53 bits per heavy atom. The molecule has 2 aliphatic rings. The number of aliphatic hydroxyl groups excluding tert-OH is 1. The first-order valence-corrected chi connectivity index (χ1v) is 11.7. The van der Waals surface area contributed by atoms with Gasteiger partial charge in [0, 0.05) is 6.42 Å². The second kappa shape index (κ2) is 10.2. The number of aliphatic hydroxyl groups is 1. The lowest BCUT2D eigenvalue weighted by Crippen LogP contribution is -2.68. The first kappa shape index (κ1) is 23.5. The zero-order valence-electron chi connectivity index (χ0n) is 19.6. The molecule has 3 atom stereocenters. The maximum atomic E-state index is 13.6. The fourth-order valence-corrected chi connectivity index (χ4v) is 4.50. The van der Waals surface area contributed by atoms with Crippen molar-refractivity contribution in [3.8, 4) is 0 Å². The maximum Gasteiger partial charge on any atom is 0.334 e. The summed E-state index contributed by atoms with van der Waals surface area (Å²) in [4.78, 5) is 32.3. The predicted molar refractivity (Wildman–Crippen MR) is 134 cm³/mol. The molecule has 0 aromatic heterocycles. The molecule has 3 unspecified atom stereocenters. The summed E-state index contributed by atoms with van der Waals surface area (Å²) in [6.07, 6.45) is -1.01.